The number of alkyl halides is 3. The van der Waals surface area contributed by atoms with Crippen molar-refractivity contribution in [2.75, 3.05) is 7.11 Å². The van der Waals surface area contributed by atoms with Crippen molar-refractivity contribution in [2.24, 2.45) is 0 Å². The lowest BCUT2D eigenvalue weighted by atomic mass is 10.1. The van der Waals surface area contributed by atoms with Gasteiger partial charge in [0.05, 0.1) is 19.0 Å². The van der Waals surface area contributed by atoms with Crippen molar-refractivity contribution < 1.29 is 37.3 Å². The Morgan fingerprint density at radius 2 is 1.76 bits per heavy atom. The molecule has 9 heteroatoms. The van der Waals surface area contributed by atoms with Crippen LogP contribution in [0.2, 0.25) is 0 Å². The molecule has 152 valence electrons. The zero-order valence-corrected chi connectivity index (χ0v) is 15.4. The third-order valence-corrected chi connectivity index (χ3v) is 4.41. The molecule has 1 aromatic heterocycles. The molecule has 0 radical (unpaired) electrons. The van der Waals surface area contributed by atoms with Crippen molar-refractivity contribution in [3.05, 3.63) is 59.3 Å². The number of fused-ring (bicyclic) bond motifs is 1. The molecular weight excluding hydrogens is 391 g/mol. The van der Waals surface area contributed by atoms with Crippen LogP contribution in [0, 0.1) is 6.92 Å². The SMILES string of the molecule is COC(=O)Cc1c(C)n(C(=O)c2ccc(OC(F)(F)F)cc2)c2ccc(O)cc12. The molecule has 3 aromatic rings. The van der Waals surface area contributed by atoms with Gasteiger partial charge in [0.1, 0.15) is 11.5 Å². The summed E-state index contributed by atoms with van der Waals surface area (Å²) in [7, 11) is 1.24. The fourth-order valence-corrected chi connectivity index (χ4v) is 3.10. The number of hydrogen-bond donors (Lipinski definition) is 1. The van der Waals surface area contributed by atoms with Gasteiger partial charge in [0.25, 0.3) is 5.91 Å². The number of phenolic OH excluding ortho intramolecular Hbond substituents is 1. The molecule has 1 N–H and O–H groups in total. The summed E-state index contributed by atoms with van der Waals surface area (Å²) in [5.41, 5.74) is 1.53. The molecule has 29 heavy (non-hydrogen) atoms. The second-order valence-corrected chi connectivity index (χ2v) is 6.23. The fraction of sp³-hybridized carbons (Fsp3) is 0.200. The predicted molar refractivity (Wildman–Crippen MR) is 96.9 cm³/mol. The summed E-state index contributed by atoms with van der Waals surface area (Å²) < 4.78 is 46.8. The van der Waals surface area contributed by atoms with Crippen molar-refractivity contribution in [1.29, 1.82) is 0 Å². The van der Waals surface area contributed by atoms with Crippen molar-refractivity contribution in [2.45, 2.75) is 19.7 Å². The van der Waals surface area contributed by atoms with Gasteiger partial charge in [-0.1, -0.05) is 0 Å². The second-order valence-electron chi connectivity index (χ2n) is 6.23. The van der Waals surface area contributed by atoms with Crippen LogP contribution in [-0.4, -0.2) is 35.0 Å². The van der Waals surface area contributed by atoms with Crippen LogP contribution in [0.15, 0.2) is 42.5 Å². The van der Waals surface area contributed by atoms with Crippen LogP contribution in [0.4, 0.5) is 13.2 Å². The number of esters is 1. The van der Waals surface area contributed by atoms with Crippen molar-refractivity contribution >= 4 is 22.8 Å². The maximum Gasteiger partial charge on any atom is 0.573 e. The number of carbonyl (C=O) groups excluding carboxylic acids is 2. The van der Waals surface area contributed by atoms with Crippen LogP contribution >= 0.6 is 0 Å². The lowest BCUT2D eigenvalue weighted by Crippen LogP contribution is -2.17. The maximum atomic E-state index is 13.1. The average molecular weight is 407 g/mol. The van der Waals surface area contributed by atoms with E-state index in [1.807, 2.05) is 0 Å². The summed E-state index contributed by atoms with van der Waals surface area (Å²) >= 11 is 0. The number of aromatic hydroxyl groups is 1. The zero-order chi connectivity index (χ0) is 21.3. The van der Waals surface area contributed by atoms with Gasteiger partial charge in [-0.05, 0) is 55.0 Å². The highest BCUT2D eigenvalue weighted by molar-refractivity contribution is 6.05. The fourth-order valence-electron chi connectivity index (χ4n) is 3.10. The first-order chi connectivity index (χ1) is 13.6. The van der Waals surface area contributed by atoms with E-state index in [2.05, 4.69) is 4.74 Å². The van der Waals surface area contributed by atoms with Crippen molar-refractivity contribution in [3.63, 3.8) is 0 Å². The number of nitrogens with zero attached hydrogens (tertiary/aromatic N) is 1. The Morgan fingerprint density at radius 1 is 1.10 bits per heavy atom. The van der Waals surface area contributed by atoms with E-state index in [1.54, 1.807) is 6.92 Å². The number of aromatic nitrogens is 1. The van der Waals surface area contributed by atoms with Crippen LogP contribution in [-0.2, 0) is 16.0 Å². The normalized spacial score (nSPS) is 11.5. The third kappa shape index (κ3) is 4.18. The van der Waals surface area contributed by atoms with Gasteiger partial charge >= 0.3 is 12.3 Å². The van der Waals surface area contributed by atoms with Crippen LogP contribution in [0.25, 0.3) is 10.9 Å². The van der Waals surface area contributed by atoms with E-state index in [0.717, 1.165) is 12.1 Å². The maximum absolute atomic E-state index is 13.1. The Balaban J connectivity index is 2.06. The van der Waals surface area contributed by atoms with E-state index in [0.29, 0.717) is 22.2 Å². The Morgan fingerprint density at radius 3 is 2.34 bits per heavy atom. The minimum absolute atomic E-state index is 0.0399. The van der Waals surface area contributed by atoms with Crippen LogP contribution in [0.5, 0.6) is 11.5 Å². The molecular formula is C20H16F3NO5. The molecule has 0 unspecified atom stereocenters. The van der Waals surface area contributed by atoms with Gasteiger partial charge in [-0.25, -0.2) is 0 Å². The number of rotatable bonds is 4. The van der Waals surface area contributed by atoms with Gasteiger partial charge in [0.15, 0.2) is 0 Å². The molecule has 0 saturated carbocycles. The number of phenols is 1. The Hall–Kier alpha value is -3.49. The Bertz CT molecular complexity index is 1080. The van der Waals surface area contributed by atoms with Crippen molar-refractivity contribution in [3.8, 4) is 11.5 Å². The first-order valence-electron chi connectivity index (χ1n) is 8.41. The second kappa shape index (κ2) is 7.50. The Kier molecular flexibility index (Phi) is 5.23. The molecule has 1 heterocycles. The lowest BCUT2D eigenvalue weighted by Gasteiger charge is -2.10. The van der Waals surface area contributed by atoms with Gasteiger partial charge in [-0.15, -0.1) is 13.2 Å². The van der Waals surface area contributed by atoms with Gasteiger partial charge in [-0.2, -0.15) is 0 Å². The highest BCUT2D eigenvalue weighted by atomic mass is 19.4. The molecule has 0 spiro atoms. The number of benzene rings is 2. The van der Waals surface area contributed by atoms with E-state index >= 15 is 0 Å². The standard InChI is InChI=1S/C20H16F3NO5/c1-11-15(10-18(26)28-2)16-9-13(25)5-8-17(16)24(11)19(27)12-3-6-14(7-4-12)29-20(21,22)23/h3-9,25H,10H2,1-2H3. The molecule has 0 saturated heterocycles. The third-order valence-electron chi connectivity index (χ3n) is 4.41. The molecule has 0 amide bonds. The largest absolute Gasteiger partial charge is 0.573 e. The minimum atomic E-state index is -4.83. The summed E-state index contributed by atoms with van der Waals surface area (Å²) in [5.74, 6) is -1.51. The first-order valence-corrected chi connectivity index (χ1v) is 8.41. The van der Waals surface area contributed by atoms with Gasteiger partial charge < -0.3 is 14.6 Å². The van der Waals surface area contributed by atoms with E-state index in [9.17, 15) is 27.9 Å². The summed E-state index contributed by atoms with van der Waals surface area (Å²) in [4.78, 5) is 24.8. The van der Waals surface area contributed by atoms with Crippen LogP contribution in [0.3, 0.4) is 0 Å². The van der Waals surface area contributed by atoms with Gasteiger partial charge in [-0.3, -0.25) is 14.2 Å². The smallest absolute Gasteiger partial charge is 0.508 e. The highest BCUT2D eigenvalue weighted by Crippen LogP contribution is 2.31. The molecule has 0 aliphatic carbocycles. The number of hydrogen-bond acceptors (Lipinski definition) is 5. The molecule has 2 aromatic carbocycles. The summed E-state index contributed by atoms with van der Waals surface area (Å²) in [6.45, 7) is 1.63. The molecule has 6 nitrogen and oxygen atoms in total. The van der Waals surface area contributed by atoms with Gasteiger partial charge in [0.2, 0.25) is 0 Å². The van der Waals surface area contributed by atoms with E-state index < -0.39 is 24.0 Å². The van der Waals surface area contributed by atoms with E-state index in [-0.39, 0.29) is 17.7 Å². The Labute approximate surface area is 163 Å². The predicted octanol–water partition coefficient (Wildman–Crippen LogP) is 3.96. The number of carbonyl (C=O) groups is 2. The zero-order valence-electron chi connectivity index (χ0n) is 15.4. The molecule has 0 bridgehead atoms. The lowest BCUT2D eigenvalue weighted by molar-refractivity contribution is -0.274. The van der Waals surface area contributed by atoms with Crippen LogP contribution < -0.4 is 4.74 Å². The monoisotopic (exact) mass is 407 g/mol. The number of methoxy groups -OCH3 is 1. The molecule has 0 aliphatic rings. The number of halogens is 3. The molecule has 3 rings (SSSR count). The quantitative estimate of drug-likeness (QED) is 0.663. The molecule has 0 fully saturated rings. The first kappa shape index (κ1) is 20.2. The highest BCUT2D eigenvalue weighted by Gasteiger charge is 2.31. The summed E-state index contributed by atoms with van der Waals surface area (Å²) in [5, 5.41) is 10.3. The van der Waals surface area contributed by atoms with Crippen molar-refractivity contribution in [1.82, 2.24) is 4.57 Å². The van der Waals surface area contributed by atoms with E-state index in [1.165, 1.54) is 42.0 Å². The summed E-state index contributed by atoms with van der Waals surface area (Å²) in [6.07, 6.45) is -4.94. The molecule has 0 atom stereocenters. The summed E-state index contributed by atoms with van der Waals surface area (Å²) in [6, 6.07) is 8.88. The average Bonchev–Trinajstić information content (AvgIpc) is 2.91. The topological polar surface area (TPSA) is 77.8 Å². The molecule has 0 aliphatic heterocycles. The minimum Gasteiger partial charge on any atom is -0.508 e. The van der Waals surface area contributed by atoms with E-state index in [4.69, 9.17) is 4.74 Å². The van der Waals surface area contributed by atoms with Gasteiger partial charge in [0, 0.05) is 16.6 Å². The number of ether oxygens (including phenoxy) is 2. The van der Waals surface area contributed by atoms with Crippen LogP contribution in [0.1, 0.15) is 21.6 Å².